The first-order chi connectivity index (χ1) is 14.3. The van der Waals surface area contributed by atoms with Gasteiger partial charge in [0.1, 0.15) is 28.7 Å². The lowest BCUT2D eigenvalue weighted by atomic mass is 10.1. The number of anilines is 1. The van der Waals surface area contributed by atoms with E-state index in [9.17, 15) is 23.5 Å². The third-order valence-corrected chi connectivity index (χ3v) is 5.03. The van der Waals surface area contributed by atoms with Crippen LogP contribution in [0, 0.1) is 17.5 Å². The van der Waals surface area contributed by atoms with Crippen molar-refractivity contribution < 1.29 is 23.1 Å². The zero-order valence-electron chi connectivity index (χ0n) is 15.8. The molecule has 1 saturated heterocycles. The minimum Gasteiger partial charge on any atom is -0.477 e. The van der Waals surface area contributed by atoms with E-state index in [1.165, 1.54) is 11.0 Å². The number of benzene rings is 1. The molecule has 7 nitrogen and oxygen atoms in total. The van der Waals surface area contributed by atoms with Gasteiger partial charge in [0, 0.05) is 31.9 Å². The van der Waals surface area contributed by atoms with E-state index in [1.54, 1.807) is 0 Å². The highest BCUT2D eigenvalue weighted by Crippen LogP contribution is 2.31. The van der Waals surface area contributed by atoms with Crippen LogP contribution in [0.3, 0.4) is 0 Å². The van der Waals surface area contributed by atoms with Crippen molar-refractivity contribution in [2.24, 2.45) is 0 Å². The summed E-state index contributed by atoms with van der Waals surface area (Å²) >= 11 is 0. The van der Waals surface area contributed by atoms with Crippen LogP contribution < -0.4 is 15.6 Å². The van der Waals surface area contributed by atoms with Crippen LogP contribution in [0.2, 0.25) is 0 Å². The summed E-state index contributed by atoms with van der Waals surface area (Å²) in [5.74, 6) is -4.20. The van der Waals surface area contributed by atoms with Crippen LogP contribution in [0.5, 0.6) is 0 Å². The molecule has 30 heavy (non-hydrogen) atoms. The van der Waals surface area contributed by atoms with Gasteiger partial charge in [-0.25, -0.2) is 22.9 Å². The number of nitrogens with zero attached hydrogens (tertiary/aromatic N) is 3. The van der Waals surface area contributed by atoms with Crippen molar-refractivity contribution in [1.29, 1.82) is 0 Å². The van der Waals surface area contributed by atoms with Crippen LogP contribution in [0.4, 0.5) is 18.9 Å². The lowest BCUT2D eigenvalue weighted by Gasteiger charge is -2.34. The summed E-state index contributed by atoms with van der Waals surface area (Å²) in [6.07, 6.45) is 1.79. The normalized spacial score (nSPS) is 16.8. The van der Waals surface area contributed by atoms with Gasteiger partial charge in [-0.2, -0.15) is 0 Å². The van der Waals surface area contributed by atoms with Crippen LogP contribution in [-0.4, -0.2) is 46.3 Å². The van der Waals surface area contributed by atoms with E-state index >= 15 is 4.39 Å². The van der Waals surface area contributed by atoms with Gasteiger partial charge in [-0.15, -0.1) is 0 Å². The van der Waals surface area contributed by atoms with Gasteiger partial charge in [0.15, 0.2) is 5.82 Å². The van der Waals surface area contributed by atoms with Gasteiger partial charge in [-0.05, 0) is 25.1 Å². The largest absolute Gasteiger partial charge is 0.477 e. The molecule has 4 rings (SSSR count). The molecule has 1 aliphatic heterocycles. The molecule has 0 saturated carbocycles. The smallest absolute Gasteiger partial charge is 0.341 e. The molecule has 0 amide bonds. The second kappa shape index (κ2) is 7.45. The number of carboxylic acid groups (broad SMARTS) is 1. The van der Waals surface area contributed by atoms with Gasteiger partial charge in [0.05, 0.1) is 17.1 Å². The van der Waals surface area contributed by atoms with Gasteiger partial charge in [-0.3, -0.25) is 9.36 Å². The highest BCUT2D eigenvalue weighted by atomic mass is 19.1. The Hall–Kier alpha value is -3.40. The topological polar surface area (TPSA) is 87.5 Å². The molecule has 1 fully saturated rings. The van der Waals surface area contributed by atoms with Crippen molar-refractivity contribution in [2.45, 2.75) is 13.0 Å². The Labute approximate surface area is 168 Å². The fraction of sp³-hybridized carbons (Fsp3) is 0.250. The standard InChI is InChI=1S/C20H17F3N4O3/c1-10-8-26(5-4-24-10)18-14(22)6-12-17(16(18)23)27(9-13(19(12)28)20(29)30)15-3-2-11(21)7-25-15/h2-3,6-7,9-10,24H,4-5,8H2,1H3,(H,29,30). The predicted molar refractivity (Wildman–Crippen MR) is 104 cm³/mol. The summed E-state index contributed by atoms with van der Waals surface area (Å²) in [7, 11) is 0. The van der Waals surface area contributed by atoms with Gasteiger partial charge < -0.3 is 15.3 Å². The Kier molecular flexibility index (Phi) is 4.94. The number of aromatic nitrogens is 2. The molecule has 0 spiro atoms. The fourth-order valence-electron chi connectivity index (χ4n) is 3.67. The number of carboxylic acids is 1. The second-order valence-corrected chi connectivity index (χ2v) is 7.10. The van der Waals surface area contributed by atoms with Crippen molar-refractivity contribution in [2.75, 3.05) is 24.5 Å². The minimum atomic E-state index is -1.56. The summed E-state index contributed by atoms with van der Waals surface area (Å²) in [5.41, 5.74) is -2.34. The monoisotopic (exact) mass is 418 g/mol. The molecule has 0 bridgehead atoms. The average molecular weight is 418 g/mol. The van der Waals surface area contributed by atoms with Gasteiger partial charge in [-0.1, -0.05) is 0 Å². The molecule has 3 heterocycles. The van der Waals surface area contributed by atoms with E-state index < -0.39 is 39.8 Å². The average Bonchev–Trinajstić information content (AvgIpc) is 2.69. The van der Waals surface area contributed by atoms with Crippen molar-refractivity contribution in [3.05, 3.63) is 63.8 Å². The zero-order chi connectivity index (χ0) is 21.6. The van der Waals surface area contributed by atoms with E-state index in [0.29, 0.717) is 19.6 Å². The Morgan fingerprint density at radius 1 is 1.30 bits per heavy atom. The maximum Gasteiger partial charge on any atom is 0.341 e. The van der Waals surface area contributed by atoms with E-state index in [1.807, 2.05) is 6.92 Å². The number of pyridine rings is 2. The van der Waals surface area contributed by atoms with Crippen molar-refractivity contribution in [3.63, 3.8) is 0 Å². The number of carbonyl (C=O) groups is 1. The SMILES string of the molecule is CC1CN(c2c(F)cc3c(=O)c(C(=O)O)cn(-c4ccc(F)cn4)c3c2F)CCN1. The van der Waals surface area contributed by atoms with Crippen LogP contribution in [0.25, 0.3) is 16.7 Å². The van der Waals surface area contributed by atoms with E-state index in [4.69, 9.17) is 0 Å². The van der Waals surface area contributed by atoms with E-state index in [2.05, 4.69) is 10.3 Å². The quantitative estimate of drug-likeness (QED) is 0.679. The molecule has 0 aliphatic carbocycles. The number of aromatic carboxylic acids is 1. The Bertz CT molecular complexity index is 1210. The second-order valence-electron chi connectivity index (χ2n) is 7.10. The van der Waals surface area contributed by atoms with Crippen LogP contribution >= 0.6 is 0 Å². The third-order valence-electron chi connectivity index (χ3n) is 5.03. The van der Waals surface area contributed by atoms with E-state index in [0.717, 1.165) is 29.1 Å². The Balaban J connectivity index is 2.06. The molecular weight excluding hydrogens is 401 g/mol. The van der Waals surface area contributed by atoms with Gasteiger partial charge in [0.25, 0.3) is 0 Å². The molecule has 2 N–H and O–H groups in total. The molecule has 3 aromatic rings. The molecule has 1 atom stereocenters. The minimum absolute atomic E-state index is 0.0106. The molecule has 1 aliphatic rings. The van der Waals surface area contributed by atoms with Gasteiger partial charge >= 0.3 is 5.97 Å². The lowest BCUT2D eigenvalue weighted by molar-refractivity contribution is 0.0695. The summed E-state index contributed by atoms with van der Waals surface area (Å²) in [6, 6.07) is 3.10. The molecule has 0 radical (unpaired) electrons. The van der Waals surface area contributed by atoms with Crippen molar-refractivity contribution >= 4 is 22.6 Å². The van der Waals surface area contributed by atoms with Crippen LogP contribution in [0.15, 0.2) is 35.4 Å². The Morgan fingerprint density at radius 3 is 2.70 bits per heavy atom. The number of hydrogen-bond acceptors (Lipinski definition) is 5. The molecule has 156 valence electrons. The number of rotatable bonds is 3. The van der Waals surface area contributed by atoms with Crippen molar-refractivity contribution in [3.8, 4) is 5.82 Å². The number of piperazine rings is 1. The zero-order valence-corrected chi connectivity index (χ0v) is 15.8. The number of hydrogen-bond donors (Lipinski definition) is 2. The van der Waals surface area contributed by atoms with Gasteiger partial charge in [0.2, 0.25) is 5.43 Å². The molecule has 1 unspecified atom stereocenters. The number of halogens is 3. The highest BCUT2D eigenvalue weighted by molar-refractivity contribution is 5.94. The first kappa shape index (κ1) is 19.9. The highest BCUT2D eigenvalue weighted by Gasteiger charge is 2.27. The third kappa shape index (κ3) is 3.28. The lowest BCUT2D eigenvalue weighted by Crippen LogP contribution is -2.49. The summed E-state index contributed by atoms with van der Waals surface area (Å²) in [4.78, 5) is 29.5. The summed E-state index contributed by atoms with van der Waals surface area (Å²) < 4.78 is 44.9. The van der Waals surface area contributed by atoms with Crippen LogP contribution in [0.1, 0.15) is 17.3 Å². The Morgan fingerprint density at radius 2 is 2.07 bits per heavy atom. The first-order valence-electron chi connectivity index (χ1n) is 9.19. The molecular formula is C20H17F3N4O3. The number of fused-ring (bicyclic) bond motifs is 1. The predicted octanol–water partition coefficient (Wildman–Crippen LogP) is 2.30. The van der Waals surface area contributed by atoms with Crippen LogP contribution in [-0.2, 0) is 0 Å². The van der Waals surface area contributed by atoms with Crippen molar-refractivity contribution in [1.82, 2.24) is 14.9 Å². The molecule has 2 aromatic heterocycles. The molecule has 10 heteroatoms. The maximum absolute atomic E-state index is 15.7. The van der Waals surface area contributed by atoms with E-state index in [-0.39, 0.29) is 23.1 Å². The maximum atomic E-state index is 15.7. The first-order valence-corrected chi connectivity index (χ1v) is 9.19. The summed E-state index contributed by atoms with van der Waals surface area (Å²) in [5, 5.41) is 12.1. The summed E-state index contributed by atoms with van der Waals surface area (Å²) in [6.45, 7) is 3.07. The molecule has 1 aromatic carbocycles. The fourth-order valence-corrected chi connectivity index (χ4v) is 3.67. The number of nitrogens with one attached hydrogen (secondary N) is 1.